The number of benzene rings is 2. The first kappa shape index (κ1) is 21.9. The molecule has 0 aliphatic carbocycles. The molecule has 0 radical (unpaired) electrons. The van der Waals surface area contributed by atoms with E-state index in [0.29, 0.717) is 16.8 Å². The normalized spacial score (nSPS) is 13.3. The largest absolute Gasteiger partial charge is 0.364 e. The van der Waals surface area contributed by atoms with Crippen molar-refractivity contribution >= 4 is 17.3 Å². The molecular weight excluding hydrogens is 429 g/mol. The van der Waals surface area contributed by atoms with Gasteiger partial charge in [-0.2, -0.15) is 0 Å². The summed E-state index contributed by atoms with van der Waals surface area (Å²) in [5, 5.41) is 2.54. The summed E-state index contributed by atoms with van der Waals surface area (Å²) in [6.45, 7) is 5.94. The number of aryl methyl sites for hydroxylation is 2. The number of fused-ring (bicyclic) bond motifs is 1. The summed E-state index contributed by atoms with van der Waals surface area (Å²) in [7, 11) is 0. The fourth-order valence-electron chi connectivity index (χ4n) is 4.00. The first-order valence-electron chi connectivity index (χ1n) is 9.97. The van der Waals surface area contributed by atoms with Crippen molar-refractivity contribution in [2.24, 2.45) is 0 Å². The first-order chi connectivity index (χ1) is 15.2. The van der Waals surface area contributed by atoms with Crippen LogP contribution in [-0.4, -0.2) is 17.0 Å². The van der Waals surface area contributed by atoms with Gasteiger partial charge < -0.3 is 14.8 Å². The summed E-state index contributed by atoms with van der Waals surface area (Å²) < 4.78 is 70.0. The summed E-state index contributed by atoms with van der Waals surface area (Å²) in [5.74, 6) is -11.3. The Morgan fingerprint density at radius 3 is 2.16 bits per heavy atom. The van der Waals surface area contributed by atoms with Crippen LogP contribution in [0.5, 0.6) is 0 Å². The Balaban J connectivity index is 1.54. The highest BCUT2D eigenvalue weighted by Gasteiger charge is 2.27. The Hall–Kier alpha value is -3.36. The number of carbonyl (C=O) groups excluding carboxylic acids is 1. The number of nitrogens with one attached hydrogen (secondary N) is 1. The van der Waals surface area contributed by atoms with E-state index in [1.807, 2.05) is 24.4 Å². The fourth-order valence-corrected chi connectivity index (χ4v) is 4.00. The Labute approximate surface area is 181 Å². The number of rotatable bonds is 4. The molecule has 9 heteroatoms. The van der Waals surface area contributed by atoms with Crippen LogP contribution in [0, 0.1) is 42.9 Å². The monoisotopic (exact) mass is 449 g/mol. The van der Waals surface area contributed by atoms with Crippen LogP contribution in [0.2, 0.25) is 0 Å². The summed E-state index contributed by atoms with van der Waals surface area (Å²) in [4.78, 5) is 14.6. The number of hydrogen-bond acceptors (Lipinski definition) is 2. The molecule has 32 heavy (non-hydrogen) atoms. The SMILES string of the molecule is Cc1cc(N2CCn3cccc3C2)cc(C)c1NC(=O)Cc1c(F)c(F)c(F)c(F)c1F. The third-order valence-corrected chi connectivity index (χ3v) is 5.67. The Morgan fingerprint density at radius 2 is 1.53 bits per heavy atom. The smallest absolute Gasteiger partial charge is 0.229 e. The van der Waals surface area contributed by atoms with Gasteiger partial charge in [0.25, 0.3) is 0 Å². The summed E-state index contributed by atoms with van der Waals surface area (Å²) in [6, 6.07) is 7.83. The predicted octanol–water partition coefficient (Wildman–Crippen LogP) is 5.00. The molecule has 1 aliphatic heterocycles. The molecule has 0 fully saturated rings. The van der Waals surface area contributed by atoms with E-state index in [-0.39, 0.29) is 0 Å². The van der Waals surface area contributed by atoms with Crippen molar-refractivity contribution in [2.75, 3.05) is 16.8 Å². The van der Waals surface area contributed by atoms with Crippen LogP contribution in [0.4, 0.5) is 33.3 Å². The number of hydrogen-bond donors (Lipinski definition) is 1. The second kappa shape index (κ2) is 8.29. The standard InChI is InChI=1S/C23H20F5N3O/c1-12-8-15(31-7-6-30-5-3-4-14(30)11-31)9-13(2)23(12)29-17(32)10-16-18(24)20(26)22(28)21(27)19(16)25/h3-5,8-9H,6-7,10-11H2,1-2H3,(H,29,32). The topological polar surface area (TPSA) is 37.3 Å². The van der Waals surface area contributed by atoms with Gasteiger partial charge in [0.15, 0.2) is 23.3 Å². The molecule has 0 saturated heterocycles. The lowest BCUT2D eigenvalue weighted by Gasteiger charge is -2.31. The number of nitrogens with zero attached hydrogens (tertiary/aromatic N) is 2. The average Bonchev–Trinajstić information content (AvgIpc) is 3.24. The number of halogens is 5. The van der Waals surface area contributed by atoms with E-state index in [4.69, 9.17) is 0 Å². The first-order valence-corrected chi connectivity index (χ1v) is 9.97. The van der Waals surface area contributed by atoms with Gasteiger partial charge in [0.1, 0.15) is 0 Å². The lowest BCUT2D eigenvalue weighted by Crippen LogP contribution is -2.33. The van der Waals surface area contributed by atoms with Gasteiger partial charge in [-0.25, -0.2) is 22.0 Å². The van der Waals surface area contributed by atoms with Crippen molar-refractivity contribution in [3.63, 3.8) is 0 Å². The molecule has 4 rings (SSSR count). The molecule has 168 valence electrons. The van der Waals surface area contributed by atoms with E-state index in [1.165, 1.54) is 5.69 Å². The molecule has 1 amide bonds. The van der Waals surface area contributed by atoms with Crippen LogP contribution < -0.4 is 10.2 Å². The van der Waals surface area contributed by atoms with Crippen molar-refractivity contribution < 1.29 is 26.7 Å². The van der Waals surface area contributed by atoms with E-state index in [2.05, 4.69) is 20.9 Å². The van der Waals surface area contributed by atoms with Crippen molar-refractivity contribution in [1.29, 1.82) is 0 Å². The molecule has 1 aliphatic rings. The van der Waals surface area contributed by atoms with Gasteiger partial charge in [0, 0.05) is 41.9 Å². The number of anilines is 2. The number of amides is 1. The molecule has 1 aromatic heterocycles. The van der Waals surface area contributed by atoms with Gasteiger partial charge in [0.2, 0.25) is 11.7 Å². The van der Waals surface area contributed by atoms with E-state index in [0.717, 1.165) is 25.3 Å². The number of carbonyl (C=O) groups is 1. The molecule has 0 saturated carbocycles. The zero-order valence-corrected chi connectivity index (χ0v) is 17.4. The van der Waals surface area contributed by atoms with Crippen molar-refractivity contribution in [3.05, 3.63) is 81.9 Å². The third kappa shape index (κ3) is 3.83. The van der Waals surface area contributed by atoms with Gasteiger partial charge in [-0.1, -0.05) is 0 Å². The predicted molar refractivity (Wildman–Crippen MR) is 110 cm³/mol. The molecule has 4 nitrogen and oxygen atoms in total. The van der Waals surface area contributed by atoms with E-state index in [1.54, 1.807) is 13.8 Å². The fraction of sp³-hybridized carbons (Fsp3) is 0.261. The van der Waals surface area contributed by atoms with E-state index < -0.39 is 47.0 Å². The molecule has 0 spiro atoms. The van der Waals surface area contributed by atoms with Crippen LogP contribution >= 0.6 is 0 Å². The van der Waals surface area contributed by atoms with E-state index in [9.17, 15) is 26.7 Å². The van der Waals surface area contributed by atoms with Gasteiger partial charge >= 0.3 is 0 Å². The van der Waals surface area contributed by atoms with Crippen LogP contribution in [0.3, 0.4) is 0 Å². The van der Waals surface area contributed by atoms with Crippen LogP contribution in [0.1, 0.15) is 22.4 Å². The summed E-state index contributed by atoms with van der Waals surface area (Å²) in [6.07, 6.45) is 1.04. The van der Waals surface area contributed by atoms with Crippen molar-refractivity contribution in [3.8, 4) is 0 Å². The quantitative estimate of drug-likeness (QED) is 0.346. The Bertz CT molecular complexity index is 1170. The van der Waals surface area contributed by atoms with E-state index >= 15 is 0 Å². The lowest BCUT2D eigenvalue weighted by atomic mass is 10.0. The maximum atomic E-state index is 13.9. The maximum absolute atomic E-state index is 13.9. The Kier molecular flexibility index (Phi) is 5.66. The van der Waals surface area contributed by atoms with Gasteiger partial charge in [-0.3, -0.25) is 4.79 Å². The molecule has 3 aromatic rings. The van der Waals surface area contributed by atoms with Crippen molar-refractivity contribution in [2.45, 2.75) is 33.4 Å². The summed E-state index contributed by atoms with van der Waals surface area (Å²) in [5.41, 5.74) is 2.85. The summed E-state index contributed by atoms with van der Waals surface area (Å²) >= 11 is 0. The highest BCUT2D eigenvalue weighted by atomic mass is 19.2. The zero-order valence-electron chi connectivity index (χ0n) is 17.4. The van der Waals surface area contributed by atoms with Gasteiger partial charge in [-0.05, 0) is 49.2 Å². The third-order valence-electron chi connectivity index (χ3n) is 5.67. The molecule has 0 bridgehead atoms. The minimum atomic E-state index is -2.25. The molecule has 0 atom stereocenters. The highest BCUT2D eigenvalue weighted by Crippen LogP contribution is 2.30. The van der Waals surface area contributed by atoms with Crippen LogP contribution in [0.25, 0.3) is 0 Å². The molecule has 1 N–H and O–H groups in total. The van der Waals surface area contributed by atoms with Gasteiger partial charge in [0.05, 0.1) is 13.0 Å². The number of aromatic nitrogens is 1. The second-order valence-corrected chi connectivity index (χ2v) is 7.84. The minimum Gasteiger partial charge on any atom is -0.364 e. The average molecular weight is 449 g/mol. The highest BCUT2D eigenvalue weighted by molar-refractivity contribution is 5.94. The zero-order chi connectivity index (χ0) is 23.2. The van der Waals surface area contributed by atoms with Gasteiger partial charge in [-0.15, -0.1) is 0 Å². The lowest BCUT2D eigenvalue weighted by molar-refractivity contribution is -0.115. The second-order valence-electron chi connectivity index (χ2n) is 7.84. The van der Waals surface area contributed by atoms with Crippen LogP contribution in [0.15, 0.2) is 30.5 Å². The van der Waals surface area contributed by atoms with Crippen LogP contribution in [-0.2, 0) is 24.3 Å². The Morgan fingerprint density at radius 1 is 0.938 bits per heavy atom. The molecule has 0 unspecified atom stereocenters. The molecular formula is C23H20F5N3O. The molecule has 2 aromatic carbocycles. The maximum Gasteiger partial charge on any atom is 0.229 e. The molecule has 2 heterocycles. The van der Waals surface area contributed by atoms with Crippen molar-refractivity contribution in [1.82, 2.24) is 4.57 Å². The minimum absolute atomic E-state index is 0.433.